The lowest BCUT2D eigenvalue weighted by Gasteiger charge is -1.97. The molecule has 1 heterocycles. The maximum Gasteiger partial charge on any atom is 0.231 e. The maximum atomic E-state index is 13.2. The summed E-state index contributed by atoms with van der Waals surface area (Å²) in [7, 11) is 0. The van der Waals surface area contributed by atoms with Crippen molar-refractivity contribution in [2.24, 2.45) is 5.92 Å². The summed E-state index contributed by atoms with van der Waals surface area (Å²) in [5, 5.41) is 12.6. The molecule has 90 valence electrons. The standard InChI is InChI=1S/C13H10FN3O/c1-7-4-8(2-3-11(7)14)12-16-13(18-17-12)10-5-9(10)6-15/h2-4,9-10H,5H2,1H3. The maximum absolute atomic E-state index is 13.2. The lowest BCUT2D eigenvalue weighted by Crippen LogP contribution is -1.87. The zero-order valence-electron chi connectivity index (χ0n) is 9.72. The van der Waals surface area contributed by atoms with E-state index < -0.39 is 0 Å². The molecule has 18 heavy (non-hydrogen) atoms. The van der Waals surface area contributed by atoms with Gasteiger partial charge < -0.3 is 4.52 Å². The second-order valence-corrected chi connectivity index (χ2v) is 4.50. The van der Waals surface area contributed by atoms with E-state index >= 15 is 0 Å². The number of aromatic nitrogens is 2. The lowest BCUT2D eigenvalue weighted by atomic mass is 10.1. The van der Waals surface area contributed by atoms with Gasteiger partial charge in [0, 0.05) is 5.56 Å². The Bertz CT molecular complexity index is 644. The van der Waals surface area contributed by atoms with E-state index in [4.69, 9.17) is 9.78 Å². The number of rotatable bonds is 2. The fourth-order valence-corrected chi connectivity index (χ4v) is 1.90. The Hall–Kier alpha value is -2.22. The largest absolute Gasteiger partial charge is 0.339 e. The third kappa shape index (κ3) is 1.76. The smallest absolute Gasteiger partial charge is 0.231 e. The van der Waals surface area contributed by atoms with Gasteiger partial charge in [-0.15, -0.1) is 0 Å². The predicted molar refractivity (Wildman–Crippen MR) is 60.9 cm³/mol. The monoisotopic (exact) mass is 243 g/mol. The van der Waals surface area contributed by atoms with E-state index in [-0.39, 0.29) is 17.7 Å². The van der Waals surface area contributed by atoms with Crippen LogP contribution in [0.25, 0.3) is 11.4 Å². The summed E-state index contributed by atoms with van der Waals surface area (Å²) in [6.07, 6.45) is 0.778. The summed E-state index contributed by atoms with van der Waals surface area (Å²) in [5.41, 5.74) is 1.26. The SMILES string of the molecule is Cc1cc(-c2noc(C3CC3C#N)n2)ccc1F. The molecule has 0 saturated heterocycles. The number of hydrogen-bond donors (Lipinski definition) is 0. The number of nitriles is 1. The van der Waals surface area contributed by atoms with E-state index in [0.717, 1.165) is 12.0 Å². The molecule has 4 nitrogen and oxygen atoms in total. The summed E-state index contributed by atoms with van der Waals surface area (Å²) >= 11 is 0. The van der Waals surface area contributed by atoms with Gasteiger partial charge in [-0.05, 0) is 37.1 Å². The Morgan fingerprint density at radius 2 is 2.33 bits per heavy atom. The van der Waals surface area contributed by atoms with Crippen LogP contribution < -0.4 is 0 Å². The first-order valence-corrected chi connectivity index (χ1v) is 5.69. The Morgan fingerprint density at radius 1 is 1.50 bits per heavy atom. The molecule has 1 saturated carbocycles. The molecule has 3 rings (SSSR count). The van der Waals surface area contributed by atoms with Crippen molar-refractivity contribution in [3.05, 3.63) is 35.5 Å². The minimum atomic E-state index is -0.255. The van der Waals surface area contributed by atoms with Gasteiger partial charge in [0.25, 0.3) is 0 Å². The van der Waals surface area contributed by atoms with Crippen molar-refractivity contribution in [2.75, 3.05) is 0 Å². The van der Waals surface area contributed by atoms with Crippen molar-refractivity contribution in [3.8, 4) is 17.5 Å². The van der Waals surface area contributed by atoms with E-state index in [1.54, 1.807) is 19.1 Å². The minimum Gasteiger partial charge on any atom is -0.339 e. The van der Waals surface area contributed by atoms with Crippen molar-refractivity contribution >= 4 is 0 Å². The Kier molecular flexibility index (Phi) is 2.37. The second-order valence-electron chi connectivity index (χ2n) is 4.50. The highest BCUT2D eigenvalue weighted by molar-refractivity contribution is 5.55. The van der Waals surface area contributed by atoms with Crippen LogP contribution in [0.15, 0.2) is 22.7 Å². The van der Waals surface area contributed by atoms with Crippen LogP contribution in [-0.2, 0) is 0 Å². The van der Waals surface area contributed by atoms with Crippen molar-refractivity contribution in [1.29, 1.82) is 5.26 Å². The topological polar surface area (TPSA) is 62.7 Å². The van der Waals surface area contributed by atoms with E-state index in [9.17, 15) is 4.39 Å². The van der Waals surface area contributed by atoms with Gasteiger partial charge in [-0.2, -0.15) is 10.2 Å². The minimum absolute atomic E-state index is 0.00625. The quantitative estimate of drug-likeness (QED) is 0.813. The molecule has 0 N–H and O–H groups in total. The molecule has 5 heteroatoms. The first kappa shape index (κ1) is 10.9. The summed E-state index contributed by atoms with van der Waals surface area (Å²) in [6.45, 7) is 1.69. The van der Waals surface area contributed by atoms with Crippen LogP contribution in [0.5, 0.6) is 0 Å². The van der Waals surface area contributed by atoms with Gasteiger partial charge in [0.1, 0.15) is 5.82 Å². The van der Waals surface area contributed by atoms with Crippen LogP contribution in [0.4, 0.5) is 4.39 Å². The van der Waals surface area contributed by atoms with E-state index in [0.29, 0.717) is 17.3 Å². The fraction of sp³-hybridized carbons (Fsp3) is 0.308. The highest BCUT2D eigenvalue weighted by atomic mass is 19.1. The Morgan fingerprint density at radius 3 is 3.00 bits per heavy atom. The highest BCUT2D eigenvalue weighted by Gasteiger charge is 2.43. The molecular formula is C13H10FN3O. The molecule has 1 aliphatic rings. The summed E-state index contributed by atoms with van der Waals surface area (Å²) in [5.74, 6) is 0.746. The molecule has 1 aromatic carbocycles. The molecule has 1 aromatic heterocycles. The van der Waals surface area contributed by atoms with Crippen molar-refractivity contribution < 1.29 is 8.91 Å². The summed E-state index contributed by atoms with van der Waals surface area (Å²) < 4.78 is 18.3. The second kappa shape index (κ2) is 3.91. The van der Waals surface area contributed by atoms with Crippen molar-refractivity contribution in [2.45, 2.75) is 19.3 Å². The Balaban J connectivity index is 1.89. The van der Waals surface area contributed by atoms with Gasteiger partial charge in [-0.25, -0.2) is 4.39 Å². The van der Waals surface area contributed by atoms with Crippen LogP contribution in [-0.4, -0.2) is 10.1 Å². The zero-order chi connectivity index (χ0) is 12.7. The van der Waals surface area contributed by atoms with Gasteiger partial charge >= 0.3 is 0 Å². The molecule has 2 atom stereocenters. The van der Waals surface area contributed by atoms with E-state index in [1.807, 2.05) is 0 Å². The molecule has 0 bridgehead atoms. The first-order chi connectivity index (χ1) is 8.69. The molecule has 1 aliphatic carbocycles. The summed E-state index contributed by atoms with van der Waals surface area (Å²) in [4.78, 5) is 4.26. The molecule has 2 aromatic rings. The number of benzene rings is 1. The third-order valence-corrected chi connectivity index (χ3v) is 3.13. The van der Waals surface area contributed by atoms with Crippen LogP contribution in [0, 0.1) is 30.0 Å². The fourth-order valence-electron chi connectivity index (χ4n) is 1.90. The third-order valence-electron chi connectivity index (χ3n) is 3.13. The van der Waals surface area contributed by atoms with Gasteiger partial charge in [-0.1, -0.05) is 5.16 Å². The average Bonchev–Trinajstić information content (AvgIpc) is 3.01. The molecule has 0 spiro atoms. The molecule has 2 unspecified atom stereocenters. The molecule has 0 radical (unpaired) electrons. The number of aryl methyl sites for hydroxylation is 1. The highest BCUT2D eigenvalue weighted by Crippen LogP contribution is 2.46. The molecule has 1 fully saturated rings. The van der Waals surface area contributed by atoms with Crippen LogP contribution >= 0.6 is 0 Å². The van der Waals surface area contributed by atoms with Crippen LogP contribution in [0.1, 0.15) is 23.8 Å². The molecule has 0 amide bonds. The molecular weight excluding hydrogens is 233 g/mol. The van der Waals surface area contributed by atoms with Crippen LogP contribution in [0.2, 0.25) is 0 Å². The Labute approximate surface area is 103 Å². The number of nitrogens with zero attached hydrogens (tertiary/aromatic N) is 3. The van der Waals surface area contributed by atoms with Crippen LogP contribution in [0.3, 0.4) is 0 Å². The number of hydrogen-bond acceptors (Lipinski definition) is 4. The predicted octanol–water partition coefficient (Wildman–Crippen LogP) is 2.81. The normalized spacial score (nSPS) is 21.6. The van der Waals surface area contributed by atoms with E-state index in [2.05, 4.69) is 16.2 Å². The average molecular weight is 243 g/mol. The van der Waals surface area contributed by atoms with E-state index in [1.165, 1.54) is 6.07 Å². The number of halogens is 1. The molecule has 0 aliphatic heterocycles. The lowest BCUT2D eigenvalue weighted by molar-refractivity contribution is 0.378. The van der Waals surface area contributed by atoms with Gasteiger partial charge in [0.15, 0.2) is 0 Å². The van der Waals surface area contributed by atoms with Gasteiger partial charge in [0.2, 0.25) is 11.7 Å². The van der Waals surface area contributed by atoms with Gasteiger partial charge in [0.05, 0.1) is 17.9 Å². The zero-order valence-corrected chi connectivity index (χ0v) is 9.72. The van der Waals surface area contributed by atoms with Gasteiger partial charge in [-0.3, -0.25) is 0 Å². The van der Waals surface area contributed by atoms with Crippen molar-refractivity contribution in [3.63, 3.8) is 0 Å². The van der Waals surface area contributed by atoms with Crippen molar-refractivity contribution in [1.82, 2.24) is 10.1 Å². The summed E-state index contributed by atoms with van der Waals surface area (Å²) in [6, 6.07) is 6.86. The first-order valence-electron chi connectivity index (χ1n) is 5.69.